The van der Waals surface area contributed by atoms with Crippen LogP contribution in [0.1, 0.15) is 5.82 Å². The normalized spacial score (nSPS) is 10.9. The summed E-state index contributed by atoms with van der Waals surface area (Å²) >= 11 is 0. The lowest BCUT2D eigenvalue weighted by Crippen LogP contribution is -1.96. The zero-order valence-corrected chi connectivity index (χ0v) is 23.6. The van der Waals surface area contributed by atoms with Crippen molar-refractivity contribution >= 4 is 0 Å². The molecule has 0 fully saturated rings. The molecule has 7 rings (SSSR count). The predicted molar refractivity (Wildman–Crippen MR) is 173 cm³/mol. The van der Waals surface area contributed by atoms with E-state index in [1.165, 1.54) is 0 Å². The molecule has 0 saturated heterocycles. The van der Waals surface area contributed by atoms with E-state index in [1.54, 1.807) is 18.6 Å². The number of rotatable bonds is 6. The second-order valence-corrected chi connectivity index (χ2v) is 10.4. The van der Waals surface area contributed by atoms with Crippen LogP contribution in [0.25, 0.3) is 67.0 Å². The quantitative estimate of drug-likeness (QED) is 0.206. The van der Waals surface area contributed by atoms with Gasteiger partial charge in [0.2, 0.25) is 0 Å². The fraction of sp³-hybridized carbons (Fsp3) is 0.0263. The molecule has 0 spiro atoms. The Bertz CT molecular complexity index is 1750. The Balaban J connectivity index is 1.40. The Morgan fingerprint density at radius 2 is 0.721 bits per heavy atom. The monoisotopic (exact) mass is 553 g/mol. The second-order valence-electron chi connectivity index (χ2n) is 10.4. The molecule has 0 aliphatic heterocycles. The number of aromatic nitrogens is 5. The van der Waals surface area contributed by atoms with Gasteiger partial charge in [-0.2, -0.15) is 0 Å². The average Bonchev–Trinajstić information content (AvgIpc) is 3.09. The standard InChI is InChI=1S/C38H27N5/c1-26-42-37(35-18-31(27-8-3-2-4-9-27)16-32(19-35)28-10-5-13-39-23-28)22-38(43-26)36-20-33(29-11-6-14-40-24-29)17-34(21-36)30-12-7-15-41-25-30/h2-25H,1H3. The van der Waals surface area contributed by atoms with E-state index in [-0.39, 0.29) is 0 Å². The molecule has 0 amide bonds. The van der Waals surface area contributed by atoms with E-state index in [1.807, 2.05) is 49.8 Å². The highest BCUT2D eigenvalue weighted by molar-refractivity contribution is 5.83. The van der Waals surface area contributed by atoms with Crippen molar-refractivity contribution in [3.8, 4) is 67.0 Å². The van der Waals surface area contributed by atoms with E-state index < -0.39 is 0 Å². The van der Waals surface area contributed by atoms with Crippen LogP contribution in [-0.2, 0) is 0 Å². The molecule has 0 saturated carbocycles. The van der Waals surface area contributed by atoms with Gasteiger partial charge in [0.25, 0.3) is 0 Å². The minimum atomic E-state index is 0.704. The number of nitrogens with zero attached hydrogens (tertiary/aromatic N) is 5. The van der Waals surface area contributed by atoms with Gasteiger partial charge in [-0.15, -0.1) is 0 Å². The largest absolute Gasteiger partial charge is 0.264 e. The van der Waals surface area contributed by atoms with Crippen molar-refractivity contribution < 1.29 is 0 Å². The molecule has 0 aliphatic carbocycles. The summed E-state index contributed by atoms with van der Waals surface area (Å²) in [6.07, 6.45) is 11.0. The minimum Gasteiger partial charge on any atom is -0.264 e. The second kappa shape index (κ2) is 11.6. The summed E-state index contributed by atoms with van der Waals surface area (Å²) in [6, 6.07) is 37.7. The molecule has 5 heteroatoms. The van der Waals surface area contributed by atoms with Crippen LogP contribution in [0, 0.1) is 6.92 Å². The average molecular weight is 554 g/mol. The van der Waals surface area contributed by atoms with Gasteiger partial charge in [-0.3, -0.25) is 15.0 Å². The van der Waals surface area contributed by atoms with E-state index >= 15 is 0 Å². The third-order valence-electron chi connectivity index (χ3n) is 7.39. The van der Waals surface area contributed by atoms with Gasteiger partial charge in [0, 0.05) is 65.0 Å². The third kappa shape index (κ3) is 5.69. The van der Waals surface area contributed by atoms with Gasteiger partial charge < -0.3 is 0 Å². The number of benzene rings is 3. The summed E-state index contributed by atoms with van der Waals surface area (Å²) in [7, 11) is 0. The van der Waals surface area contributed by atoms with Gasteiger partial charge in [-0.1, -0.05) is 48.5 Å². The maximum atomic E-state index is 4.91. The molecule has 0 N–H and O–H groups in total. The first-order valence-corrected chi connectivity index (χ1v) is 14.1. The van der Waals surface area contributed by atoms with Crippen LogP contribution in [0.5, 0.6) is 0 Å². The predicted octanol–water partition coefficient (Wildman–Crippen LogP) is 8.97. The van der Waals surface area contributed by atoms with Crippen molar-refractivity contribution in [2.24, 2.45) is 0 Å². The SMILES string of the molecule is Cc1nc(-c2cc(-c3ccccc3)cc(-c3cccnc3)c2)cc(-c2cc(-c3cccnc3)cc(-c3cccnc3)c2)n1. The van der Waals surface area contributed by atoms with Crippen molar-refractivity contribution in [2.75, 3.05) is 0 Å². The molecule has 3 aromatic carbocycles. The summed E-state index contributed by atoms with van der Waals surface area (Å²) in [5, 5.41) is 0. The number of pyridine rings is 3. The third-order valence-corrected chi connectivity index (χ3v) is 7.39. The lowest BCUT2D eigenvalue weighted by molar-refractivity contribution is 1.06. The first kappa shape index (κ1) is 26.1. The van der Waals surface area contributed by atoms with Crippen LogP contribution >= 0.6 is 0 Å². The Morgan fingerprint density at radius 1 is 0.349 bits per heavy atom. The molecular weight excluding hydrogens is 526 g/mol. The highest BCUT2D eigenvalue weighted by atomic mass is 14.9. The number of hydrogen-bond acceptors (Lipinski definition) is 5. The maximum Gasteiger partial charge on any atom is 0.126 e. The fourth-order valence-corrected chi connectivity index (χ4v) is 5.31. The smallest absolute Gasteiger partial charge is 0.126 e. The van der Waals surface area contributed by atoms with Gasteiger partial charge in [0.05, 0.1) is 11.4 Å². The molecule has 5 nitrogen and oxygen atoms in total. The Labute approximate surface area is 250 Å². The van der Waals surface area contributed by atoms with E-state index in [2.05, 4.69) is 99.9 Å². The van der Waals surface area contributed by atoms with Crippen LogP contribution in [0.2, 0.25) is 0 Å². The lowest BCUT2D eigenvalue weighted by atomic mass is 9.94. The molecule has 7 aromatic rings. The van der Waals surface area contributed by atoms with Crippen molar-refractivity contribution in [1.29, 1.82) is 0 Å². The van der Waals surface area contributed by atoms with Crippen LogP contribution in [-0.4, -0.2) is 24.9 Å². The molecular formula is C38H27N5. The molecule has 0 radical (unpaired) electrons. The maximum absolute atomic E-state index is 4.91. The summed E-state index contributed by atoms with van der Waals surface area (Å²) in [5.41, 5.74) is 12.3. The first-order chi connectivity index (χ1) is 21.2. The van der Waals surface area contributed by atoms with E-state index in [4.69, 9.17) is 9.97 Å². The van der Waals surface area contributed by atoms with Crippen LogP contribution in [0.15, 0.2) is 146 Å². The Kier molecular flexibility index (Phi) is 7.04. The zero-order chi connectivity index (χ0) is 29.0. The number of aryl methyl sites for hydroxylation is 1. The molecule has 0 unspecified atom stereocenters. The topological polar surface area (TPSA) is 64.5 Å². The van der Waals surface area contributed by atoms with Crippen molar-refractivity contribution in [3.63, 3.8) is 0 Å². The molecule has 0 atom stereocenters. The van der Waals surface area contributed by atoms with E-state index in [0.29, 0.717) is 5.82 Å². The van der Waals surface area contributed by atoms with Gasteiger partial charge in [0.15, 0.2) is 0 Å². The summed E-state index contributed by atoms with van der Waals surface area (Å²) in [6.45, 7) is 1.95. The van der Waals surface area contributed by atoms with E-state index in [9.17, 15) is 0 Å². The molecule has 0 bridgehead atoms. The molecule has 4 heterocycles. The summed E-state index contributed by atoms with van der Waals surface area (Å²) in [4.78, 5) is 22.9. The van der Waals surface area contributed by atoms with Crippen LogP contribution < -0.4 is 0 Å². The van der Waals surface area contributed by atoms with Gasteiger partial charge in [-0.25, -0.2) is 9.97 Å². The van der Waals surface area contributed by atoms with Crippen molar-refractivity contribution in [2.45, 2.75) is 6.92 Å². The summed E-state index contributed by atoms with van der Waals surface area (Å²) in [5.74, 6) is 0.704. The molecule has 4 aromatic heterocycles. The highest BCUT2D eigenvalue weighted by Crippen LogP contribution is 2.35. The van der Waals surface area contributed by atoms with Crippen LogP contribution in [0.4, 0.5) is 0 Å². The van der Waals surface area contributed by atoms with Crippen LogP contribution in [0.3, 0.4) is 0 Å². The first-order valence-electron chi connectivity index (χ1n) is 14.1. The molecule has 43 heavy (non-hydrogen) atoms. The Morgan fingerprint density at radius 3 is 1.12 bits per heavy atom. The Hall–Kier alpha value is -5.81. The fourth-order valence-electron chi connectivity index (χ4n) is 5.31. The lowest BCUT2D eigenvalue weighted by Gasteiger charge is -2.13. The van der Waals surface area contributed by atoms with Gasteiger partial charge in [-0.05, 0) is 95.4 Å². The molecule has 204 valence electrons. The van der Waals surface area contributed by atoms with Gasteiger partial charge >= 0.3 is 0 Å². The minimum absolute atomic E-state index is 0.704. The van der Waals surface area contributed by atoms with Crippen molar-refractivity contribution in [1.82, 2.24) is 24.9 Å². The molecule has 0 aliphatic rings. The number of hydrogen-bond donors (Lipinski definition) is 0. The summed E-state index contributed by atoms with van der Waals surface area (Å²) < 4.78 is 0. The zero-order valence-electron chi connectivity index (χ0n) is 23.6. The highest BCUT2D eigenvalue weighted by Gasteiger charge is 2.14. The van der Waals surface area contributed by atoms with Crippen molar-refractivity contribution in [3.05, 3.63) is 152 Å². The van der Waals surface area contributed by atoms with E-state index in [0.717, 1.165) is 67.0 Å². The van der Waals surface area contributed by atoms with Gasteiger partial charge in [0.1, 0.15) is 5.82 Å².